The molecule has 94 valence electrons. The highest BCUT2D eigenvalue weighted by atomic mass is 16.6. The number of aryl methyl sites for hydroxylation is 2. The van der Waals surface area contributed by atoms with Crippen LogP contribution in [0.25, 0.3) is 0 Å². The van der Waals surface area contributed by atoms with Gasteiger partial charge < -0.3 is 14.9 Å². The van der Waals surface area contributed by atoms with E-state index in [4.69, 9.17) is 14.9 Å². The van der Waals surface area contributed by atoms with Gasteiger partial charge in [0.05, 0.1) is 11.5 Å². The SMILES string of the molecule is Cc1cc([N+](=O)[O-])c(C)cc1OCC(O)CO. The molecule has 1 unspecified atom stereocenters. The van der Waals surface area contributed by atoms with Crippen LogP contribution in [0.3, 0.4) is 0 Å². The summed E-state index contributed by atoms with van der Waals surface area (Å²) >= 11 is 0. The summed E-state index contributed by atoms with van der Waals surface area (Å²) < 4.78 is 5.27. The lowest BCUT2D eigenvalue weighted by Crippen LogP contribution is -2.21. The molecule has 0 saturated carbocycles. The summed E-state index contributed by atoms with van der Waals surface area (Å²) in [5.74, 6) is 0.473. The van der Waals surface area contributed by atoms with E-state index in [0.29, 0.717) is 16.9 Å². The Morgan fingerprint density at radius 2 is 2.06 bits per heavy atom. The molecule has 1 rings (SSSR count). The lowest BCUT2D eigenvalue weighted by atomic mass is 10.1. The van der Waals surface area contributed by atoms with Crippen LogP contribution in [-0.4, -0.2) is 34.5 Å². The van der Waals surface area contributed by atoms with E-state index in [1.807, 2.05) is 0 Å². The third-order valence-electron chi connectivity index (χ3n) is 2.33. The van der Waals surface area contributed by atoms with Gasteiger partial charge in [0.15, 0.2) is 0 Å². The van der Waals surface area contributed by atoms with Crippen molar-refractivity contribution in [2.75, 3.05) is 13.2 Å². The number of nitrogens with zero attached hydrogens (tertiary/aromatic N) is 1. The summed E-state index contributed by atoms with van der Waals surface area (Å²) in [6.07, 6.45) is -0.954. The molecule has 6 heteroatoms. The minimum absolute atomic E-state index is 0.0394. The first-order valence-electron chi connectivity index (χ1n) is 5.13. The van der Waals surface area contributed by atoms with Gasteiger partial charge >= 0.3 is 0 Å². The Kier molecular flexibility index (Phi) is 4.42. The first-order valence-corrected chi connectivity index (χ1v) is 5.13. The van der Waals surface area contributed by atoms with Crippen LogP contribution < -0.4 is 4.74 Å². The van der Waals surface area contributed by atoms with E-state index in [2.05, 4.69) is 0 Å². The van der Waals surface area contributed by atoms with Crippen molar-refractivity contribution in [2.24, 2.45) is 0 Å². The van der Waals surface area contributed by atoms with E-state index >= 15 is 0 Å². The average molecular weight is 241 g/mol. The van der Waals surface area contributed by atoms with Crippen molar-refractivity contribution in [3.63, 3.8) is 0 Å². The molecule has 0 heterocycles. The number of nitro benzene ring substituents is 1. The molecule has 0 aromatic heterocycles. The highest BCUT2D eigenvalue weighted by molar-refractivity contribution is 5.49. The second kappa shape index (κ2) is 5.60. The van der Waals surface area contributed by atoms with Crippen LogP contribution >= 0.6 is 0 Å². The molecule has 2 N–H and O–H groups in total. The number of aliphatic hydroxyl groups is 2. The molecule has 6 nitrogen and oxygen atoms in total. The molecule has 0 amide bonds. The van der Waals surface area contributed by atoms with Gasteiger partial charge in [0.2, 0.25) is 0 Å². The van der Waals surface area contributed by atoms with Crippen molar-refractivity contribution < 1.29 is 19.9 Å². The average Bonchev–Trinajstić information content (AvgIpc) is 2.28. The van der Waals surface area contributed by atoms with Gasteiger partial charge in [-0.15, -0.1) is 0 Å². The highest BCUT2D eigenvalue weighted by Crippen LogP contribution is 2.27. The first kappa shape index (κ1) is 13.4. The molecule has 17 heavy (non-hydrogen) atoms. The lowest BCUT2D eigenvalue weighted by molar-refractivity contribution is -0.385. The predicted molar refractivity (Wildman–Crippen MR) is 61.2 cm³/mol. The maximum Gasteiger partial charge on any atom is 0.272 e. The second-order valence-electron chi connectivity index (χ2n) is 3.81. The largest absolute Gasteiger partial charge is 0.491 e. The second-order valence-corrected chi connectivity index (χ2v) is 3.81. The fraction of sp³-hybridized carbons (Fsp3) is 0.455. The maximum absolute atomic E-state index is 10.7. The minimum Gasteiger partial charge on any atom is -0.491 e. The molecule has 0 fully saturated rings. The van der Waals surface area contributed by atoms with Crippen molar-refractivity contribution >= 4 is 5.69 Å². The van der Waals surface area contributed by atoms with E-state index in [-0.39, 0.29) is 18.9 Å². The molecule has 0 bridgehead atoms. The molecule has 0 aliphatic rings. The van der Waals surface area contributed by atoms with Crippen molar-refractivity contribution in [1.82, 2.24) is 0 Å². The standard InChI is InChI=1S/C11H15NO5/c1-7-4-11(17-6-9(14)5-13)8(2)3-10(7)12(15)16/h3-4,9,13-14H,5-6H2,1-2H3. The molecule has 0 spiro atoms. The highest BCUT2D eigenvalue weighted by Gasteiger charge is 2.14. The fourth-order valence-corrected chi connectivity index (χ4v) is 1.37. The van der Waals surface area contributed by atoms with Gasteiger partial charge in [-0.05, 0) is 25.5 Å². The molecular weight excluding hydrogens is 226 g/mol. The lowest BCUT2D eigenvalue weighted by Gasteiger charge is -2.12. The van der Waals surface area contributed by atoms with E-state index in [9.17, 15) is 10.1 Å². The predicted octanol–water partition coefficient (Wildman–Crippen LogP) is 0.944. The summed E-state index contributed by atoms with van der Waals surface area (Å²) in [4.78, 5) is 10.2. The Hall–Kier alpha value is -1.66. The van der Waals surface area contributed by atoms with E-state index in [0.717, 1.165) is 0 Å². The van der Waals surface area contributed by atoms with Crippen LogP contribution in [0.15, 0.2) is 12.1 Å². The van der Waals surface area contributed by atoms with Gasteiger partial charge in [-0.1, -0.05) is 0 Å². The van der Waals surface area contributed by atoms with Crippen molar-refractivity contribution in [1.29, 1.82) is 0 Å². The minimum atomic E-state index is -0.954. The Labute approximate surface area is 98.6 Å². The van der Waals surface area contributed by atoms with Crippen LogP contribution in [0.2, 0.25) is 0 Å². The molecular formula is C11H15NO5. The van der Waals surface area contributed by atoms with Gasteiger partial charge in [0.1, 0.15) is 18.5 Å². The zero-order chi connectivity index (χ0) is 13.0. The molecule has 1 aromatic carbocycles. The number of aliphatic hydroxyl groups excluding tert-OH is 2. The van der Waals surface area contributed by atoms with Crippen LogP contribution in [0.1, 0.15) is 11.1 Å². The summed E-state index contributed by atoms with van der Waals surface area (Å²) in [7, 11) is 0. The van der Waals surface area contributed by atoms with Crippen molar-refractivity contribution in [3.8, 4) is 5.75 Å². The third-order valence-corrected chi connectivity index (χ3v) is 2.33. The zero-order valence-electron chi connectivity index (χ0n) is 9.71. The monoisotopic (exact) mass is 241 g/mol. The quantitative estimate of drug-likeness (QED) is 0.591. The third kappa shape index (κ3) is 3.40. The van der Waals surface area contributed by atoms with E-state index in [1.165, 1.54) is 6.07 Å². The molecule has 0 aliphatic heterocycles. The number of ether oxygens (including phenoxy) is 1. The summed E-state index contributed by atoms with van der Waals surface area (Å²) in [5, 5.41) is 28.5. The molecule has 0 saturated heterocycles. The maximum atomic E-state index is 10.7. The molecule has 1 aromatic rings. The van der Waals surface area contributed by atoms with E-state index < -0.39 is 11.0 Å². The van der Waals surface area contributed by atoms with Crippen LogP contribution in [0, 0.1) is 24.0 Å². The topological polar surface area (TPSA) is 92.8 Å². The van der Waals surface area contributed by atoms with Gasteiger partial charge in [0.25, 0.3) is 5.69 Å². The van der Waals surface area contributed by atoms with Crippen molar-refractivity contribution in [3.05, 3.63) is 33.4 Å². The normalized spacial score (nSPS) is 12.2. The number of rotatable bonds is 5. The van der Waals surface area contributed by atoms with Crippen LogP contribution in [0.5, 0.6) is 5.75 Å². The number of benzene rings is 1. The number of hydrogen-bond donors (Lipinski definition) is 2. The summed E-state index contributed by atoms with van der Waals surface area (Å²) in [6, 6.07) is 2.98. The summed E-state index contributed by atoms with van der Waals surface area (Å²) in [5.41, 5.74) is 1.15. The number of nitro groups is 1. The smallest absolute Gasteiger partial charge is 0.272 e. The Morgan fingerprint density at radius 1 is 1.41 bits per heavy atom. The Morgan fingerprint density at radius 3 is 2.59 bits per heavy atom. The van der Waals surface area contributed by atoms with E-state index in [1.54, 1.807) is 19.9 Å². The number of hydrogen-bond acceptors (Lipinski definition) is 5. The van der Waals surface area contributed by atoms with Crippen LogP contribution in [0.4, 0.5) is 5.69 Å². The van der Waals surface area contributed by atoms with Gasteiger partial charge in [0, 0.05) is 11.6 Å². The molecule has 0 radical (unpaired) electrons. The zero-order valence-corrected chi connectivity index (χ0v) is 9.71. The Bertz CT molecular complexity index is 419. The van der Waals surface area contributed by atoms with Gasteiger partial charge in [-0.2, -0.15) is 0 Å². The van der Waals surface area contributed by atoms with Gasteiger partial charge in [-0.3, -0.25) is 10.1 Å². The van der Waals surface area contributed by atoms with Crippen molar-refractivity contribution in [2.45, 2.75) is 20.0 Å². The molecule has 0 aliphatic carbocycles. The van der Waals surface area contributed by atoms with Crippen LogP contribution in [-0.2, 0) is 0 Å². The first-order chi connectivity index (χ1) is 7.95. The fourth-order valence-electron chi connectivity index (χ4n) is 1.37. The Balaban J connectivity index is 2.88. The van der Waals surface area contributed by atoms with Gasteiger partial charge in [-0.25, -0.2) is 0 Å². The molecule has 1 atom stereocenters. The summed E-state index contributed by atoms with van der Waals surface area (Å²) in [6.45, 7) is 2.87.